The molecule has 0 N–H and O–H groups in total. The molecule has 0 aliphatic rings. The molecule has 0 aliphatic carbocycles. The van der Waals surface area contributed by atoms with Crippen LogP contribution in [0.4, 0.5) is 47.3 Å². The molecule has 0 radical (unpaired) electrons. The van der Waals surface area contributed by atoms with Gasteiger partial charge in [0.1, 0.15) is 22.3 Å². The van der Waals surface area contributed by atoms with Crippen LogP contribution in [0.15, 0.2) is 179 Å². The molecule has 300 valence electrons. The van der Waals surface area contributed by atoms with Crippen LogP contribution < -0.4 is 9.80 Å². The molecular weight excluding hydrogens is 794 g/mol. The number of hydrogen-bond donors (Lipinski definition) is 0. The molecule has 0 fully saturated rings. The zero-order chi connectivity index (χ0) is 43.0. The van der Waals surface area contributed by atoms with E-state index in [2.05, 4.69) is 66.4 Å². The summed E-state index contributed by atoms with van der Waals surface area (Å²) in [5.74, 6) is 0. The fraction of sp³-hybridized carbons (Fsp3) is 0.0370. The second-order valence-corrected chi connectivity index (χ2v) is 15.5. The first kappa shape index (κ1) is 37.5. The zero-order valence-electron chi connectivity index (χ0n) is 33.4. The maximum atomic E-state index is 13.7. The Labute approximate surface area is 358 Å². The van der Waals surface area contributed by atoms with Crippen LogP contribution in [-0.4, -0.2) is 0 Å². The third kappa shape index (κ3) is 6.09. The summed E-state index contributed by atoms with van der Waals surface area (Å²) in [5.41, 5.74) is 8.48. The molecule has 0 bridgehead atoms. The van der Waals surface area contributed by atoms with Crippen LogP contribution >= 0.6 is 0 Å². The highest BCUT2D eigenvalue weighted by Gasteiger charge is 2.31. The molecule has 11 rings (SSSR count). The molecule has 6 nitrogen and oxygen atoms in total. The Hall–Kier alpha value is -8.53. The highest BCUT2D eigenvalue weighted by atomic mass is 19.4. The standard InChI is InChI=1S/C54H31F3N4O2/c1-32-10-18-36(19-11-32)60(37-20-12-33(30-58)13-21-37)45-28-48-50(42-8-4-2-6-40(42)45)44-26-27-47-52(53(44)63-48)51-43-9-5-3-7-41(43)46(29-49(51)62-47)61(38-22-14-34(31-59)15-23-38)39-24-16-35(17-25-39)54(55,56)57/h2-29H,1H3. The lowest BCUT2D eigenvalue weighted by Gasteiger charge is -2.27. The number of rotatable bonds is 6. The minimum absolute atomic E-state index is 0.454. The van der Waals surface area contributed by atoms with Crippen molar-refractivity contribution >= 4 is 99.5 Å². The van der Waals surface area contributed by atoms with Crippen molar-refractivity contribution in [2.24, 2.45) is 0 Å². The molecular formula is C54H31F3N4O2. The van der Waals surface area contributed by atoms with E-state index in [9.17, 15) is 23.7 Å². The molecule has 9 aromatic carbocycles. The van der Waals surface area contributed by atoms with Crippen molar-refractivity contribution in [3.8, 4) is 12.1 Å². The van der Waals surface area contributed by atoms with Crippen molar-refractivity contribution in [1.29, 1.82) is 10.5 Å². The van der Waals surface area contributed by atoms with E-state index in [1.165, 1.54) is 12.1 Å². The topological polar surface area (TPSA) is 80.3 Å². The van der Waals surface area contributed by atoms with Crippen molar-refractivity contribution in [3.05, 3.63) is 192 Å². The van der Waals surface area contributed by atoms with Crippen LogP contribution in [0.2, 0.25) is 0 Å². The maximum absolute atomic E-state index is 13.7. The first-order valence-electron chi connectivity index (χ1n) is 20.2. The van der Waals surface area contributed by atoms with Gasteiger partial charge >= 0.3 is 6.18 Å². The van der Waals surface area contributed by atoms with E-state index >= 15 is 0 Å². The molecule has 63 heavy (non-hydrogen) atoms. The van der Waals surface area contributed by atoms with Crippen LogP contribution in [-0.2, 0) is 6.18 Å². The maximum Gasteiger partial charge on any atom is 0.416 e. The Balaban J connectivity index is 1.17. The number of hydrogen-bond acceptors (Lipinski definition) is 6. The predicted octanol–water partition coefficient (Wildman–Crippen LogP) is 15.8. The summed E-state index contributed by atoms with van der Waals surface area (Å²) in [6, 6.07) is 56.5. The Morgan fingerprint density at radius 2 is 0.889 bits per heavy atom. The number of fused-ring (bicyclic) bond motifs is 11. The number of furan rings is 2. The summed E-state index contributed by atoms with van der Waals surface area (Å²) in [7, 11) is 0. The summed E-state index contributed by atoms with van der Waals surface area (Å²) in [6.07, 6.45) is -4.50. The molecule has 2 aromatic heterocycles. The van der Waals surface area contributed by atoms with Gasteiger partial charge in [-0.05, 0) is 115 Å². The first-order chi connectivity index (χ1) is 30.7. The van der Waals surface area contributed by atoms with Crippen LogP contribution in [0.1, 0.15) is 22.3 Å². The molecule has 0 saturated carbocycles. The van der Waals surface area contributed by atoms with Crippen molar-refractivity contribution in [2.75, 3.05) is 9.80 Å². The number of nitriles is 2. The zero-order valence-corrected chi connectivity index (χ0v) is 33.4. The van der Waals surface area contributed by atoms with E-state index in [0.29, 0.717) is 50.5 Å². The lowest BCUT2D eigenvalue weighted by atomic mass is 9.98. The second-order valence-electron chi connectivity index (χ2n) is 15.5. The predicted molar refractivity (Wildman–Crippen MR) is 245 cm³/mol. The second kappa shape index (κ2) is 14.3. The molecule has 0 saturated heterocycles. The van der Waals surface area contributed by atoms with Gasteiger partial charge in [-0.25, -0.2) is 0 Å². The monoisotopic (exact) mass is 824 g/mol. The third-order valence-electron chi connectivity index (χ3n) is 11.8. The van der Waals surface area contributed by atoms with Crippen molar-refractivity contribution in [1.82, 2.24) is 0 Å². The van der Waals surface area contributed by atoms with Crippen molar-refractivity contribution in [3.63, 3.8) is 0 Å². The number of alkyl halides is 3. The quantitative estimate of drug-likeness (QED) is 0.166. The van der Waals surface area contributed by atoms with Crippen LogP contribution in [0.3, 0.4) is 0 Å². The van der Waals surface area contributed by atoms with Gasteiger partial charge in [-0.1, -0.05) is 66.2 Å². The molecule has 0 atom stereocenters. The van der Waals surface area contributed by atoms with Gasteiger partial charge in [0.15, 0.2) is 0 Å². The van der Waals surface area contributed by atoms with E-state index < -0.39 is 11.7 Å². The fourth-order valence-electron chi connectivity index (χ4n) is 8.86. The number of aryl methyl sites for hydroxylation is 1. The largest absolute Gasteiger partial charge is 0.456 e. The Kier molecular flexibility index (Phi) is 8.50. The normalized spacial score (nSPS) is 11.8. The van der Waals surface area contributed by atoms with Gasteiger partial charge in [-0.15, -0.1) is 0 Å². The van der Waals surface area contributed by atoms with Gasteiger partial charge in [-0.3, -0.25) is 0 Å². The Morgan fingerprint density at radius 3 is 1.38 bits per heavy atom. The van der Waals surface area contributed by atoms with E-state index in [0.717, 1.165) is 77.8 Å². The lowest BCUT2D eigenvalue weighted by Crippen LogP contribution is -2.11. The van der Waals surface area contributed by atoms with Crippen molar-refractivity contribution < 1.29 is 22.0 Å². The van der Waals surface area contributed by atoms with Crippen LogP contribution in [0.25, 0.3) is 65.4 Å². The average Bonchev–Trinajstić information content (AvgIpc) is 3.89. The molecule has 0 unspecified atom stereocenters. The highest BCUT2D eigenvalue weighted by molar-refractivity contribution is 6.32. The average molecular weight is 825 g/mol. The highest BCUT2D eigenvalue weighted by Crippen LogP contribution is 2.50. The van der Waals surface area contributed by atoms with Gasteiger partial charge in [0, 0.05) is 61.8 Å². The number of halogens is 3. The van der Waals surface area contributed by atoms with Gasteiger partial charge < -0.3 is 18.6 Å². The summed E-state index contributed by atoms with van der Waals surface area (Å²) < 4.78 is 55.0. The minimum Gasteiger partial charge on any atom is -0.456 e. The summed E-state index contributed by atoms with van der Waals surface area (Å²) >= 11 is 0. The summed E-state index contributed by atoms with van der Waals surface area (Å²) in [4.78, 5) is 4.07. The van der Waals surface area contributed by atoms with E-state index in [4.69, 9.17) is 8.83 Å². The van der Waals surface area contributed by atoms with Gasteiger partial charge in [0.25, 0.3) is 0 Å². The van der Waals surface area contributed by atoms with Crippen LogP contribution in [0.5, 0.6) is 0 Å². The molecule has 0 amide bonds. The van der Waals surface area contributed by atoms with E-state index in [1.54, 1.807) is 24.3 Å². The molecule has 11 aromatic rings. The minimum atomic E-state index is -4.50. The first-order valence-corrected chi connectivity index (χ1v) is 20.2. The Morgan fingerprint density at radius 1 is 0.444 bits per heavy atom. The van der Waals surface area contributed by atoms with E-state index in [-0.39, 0.29) is 0 Å². The smallest absolute Gasteiger partial charge is 0.416 e. The van der Waals surface area contributed by atoms with Gasteiger partial charge in [0.2, 0.25) is 0 Å². The van der Waals surface area contributed by atoms with Gasteiger partial charge in [-0.2, -0.15) is 23.7 Å². The summed E-state index contributed by atoms with van der Waals surface area (Å²) in [6.45, 7) is 2.06. The molecule has 0 aliphatic heterocycles. The van der Waals surface area contributed by atoms with Crippen molar-refractivity contribution in [2.45, 2.75) is 13.1 Å². The fourth-order valence-corrected chi connectivity index (χ4v) is 8.86. The van der Waals surface area contributed by atoms with Gasteiger partial charge in [0.05, 0.1) is 45.6 Å². The lowest BCUT2D eigenvalue weighted by molar-refractivity contribution is -0.137. The molecule has 0 spiro atoms. The number of benzene rings is 9. The Bertz CT molecular complexity index is 3690. The SMILES string of the molecule is Cc1ccc(N(c2ccc(C#N)cc2)c2cc3oc4c(ccc5oc6cc(N(c7ccc(C#N)cc7)c7ccc(C(F)(F)F)cc7)c7ccccc7c6c54)c3c3ccccc23)cc1. The molecule has 9 heteroatoms. The third-order valence-corrected chi connectivity index (χ3v) is 11.8. The number of anilines is 6. The number of nitrogens with zero attached hydrogens (tertiary/aromatic N) is 4. The molecule has 2 heterocycles. The van der Waals surface area contributed by atoms with E-state index in [1.807, 2.05) is 83.8 Å². The summed E-state index contributed by atoms with van der Waals surface area (Å²) in [5, 5.41) is 26.4. The van der Waals surface area contributed by atoms with Crippen LogP contribution in [0, 0.1) is 29.6 Å².